The number of rotatable bonds is 12. The Morgan fingerprint density at radius 1 is 0.330 bits per heavy atom. The molecule has 10 heteroatoms. The van der Waals surface area contributed by atoms with Crippen molar-refractivity contribution in [3.8, 4) is 0 Å². The molecule has 2 aliphatic heterocycles. The second-order valence-corrected chi connectivity index (χ2v) is 22.7. The van der Waals surface area contributed by atoms with Gasteiger partial charge in [0.05, 0.1) is 12.1 Å². The molecule has 0 saturated heterocycles. The Morgan fingerprint density at radius 2 is 0.511 bits per heavy atom. The quantitative estimate of drug-likeness (QED) is 0.0904. The SMILES string of the molecule is CC(C)[C@H]1COC(C2[CH-]CCC2)=N1.CC(C)[C@H]1COC(C2[CH-]CCC2)=N1.[Cl][Pd+].[Cl][Pd+].[Co].[Co].c1ccc(C2=C(c3ccccc3)C(c3ccccc3)=C2c2ccccc2)cc1.c1ccc(C2=C(c3ccccc3)C(c3ccccc3)=C2c2ccccc2)cc1. The molecule has 8 aromatic rings. The monoisotopic (exact) mass is 1470 g/mol. The van der Waals surface area contributed by atoms with Crippen LogP contribution in [-0.2, 0) is 79.4 Å². The molecule has 2 unspecified atom stereocenters. The van der Waals surface area contributed by atoms with E-state index in [9.17, 15) is 0 Å². The molecule has 4 nitrogen and oxygen atoms in total. The predicted molar refractivity (Wildman–Crippen MR) is 358 cm³/mol. The number of nitrogens with zero attached hydrogens (tertiary/aromatic N) is 2. The van der Waals surface area contributed by atoms with E-state index in [0.29, 0.717) is 35.8 Å². The van der Waals surface area contributed by atoms with Gasteiger partial charge >= 0.3 is 55.4 Å². The van der Waals surface area contributed by atoms with Crippen LogP contribution in [0.4, 0.5) is 0 Å². The maximum Gasteiger partial charge on any atom is 0 e. The number of hydrogen-bond donors (Lipinski definition) is 0. The molecule has 2 heterocycles. The first-order valence-corrected chi connectivity index (χ1v) is 34.1. The Kier molecular flexibility index (Phi) is 29.0. The van der Waals surface area contributed by atoms with Gasteiger partial charge < -0.3 is 22.3 Å². The molecule has 2 radical (unpaired) electrons. The smallest absolute Gasteiger partial charge is 0 e. The Morgan fingerprint density at radius 3 is 0.648 bits per heavy atom. The van der Waals surface area contributed by atoms with Crippen molar-refractivity contribution in [3.05, 3.63) is 300 Å². The summed E-state index contributed by atoms with van der Waals surface area (Å²) in [5.74, 6) is 4.30. The van der Waals surface area contributed by atoms with Crippen LogP contribution >= 0.6 is 19.1 Å². The van der Waals surface area contributed by atoms with Crippen molar-refractivity contribution >= 4 is 75.4 Å². The molecule has 4 aliphatic carbocycles. The minimum Gasteiger partial charge on any atom is -0.0622 e. The molecule has 6 aliphatic rings. The molecule has 2 fully saturated rings. The summed E-state index contributed by atoms with van der Waals surface area (Å²) in [5.41, 5.74) is 20.8. The third kappa shape index (κ3) is 17.5. The van der Waals surface area contributed by atoms with Crippen molar-refractivity contribution in [2.45, 2.75) is 78.3 Å². The van der Waals surface area contributed by atoms with Crippen LogP contribution in [0.5, 0.6) is 0 Å². The van der Waals surface area contributed by atoms with E-state index >= 15 is 0 Å². The molecule has 0 aromatic heterocycles. The average molecular weight is 1480 g/mol. The van der Waals surface area contributed by atoms with Crippen LogP contribution in [0.15, 0.2) is 253 Å². The molecule has 0 N–H and O–H groups in total. The van der Waals surface area contributed by atoms with Gasteiger partial charge in [0.25, 0.3) is 0 Å². The fraction of sp³-hybridized carbons (Fsp3) is 0.231. The van der Waals surface area contributed by atoms with Crippen LogP contribution in [0.2, 0.25) is 0 Å². The summed E-state index contributed by atoms with van der Waals surface area (Å²) in [6.45, 7) is 10.4. The van der Waals surface area contributed by atoms with Gasteiger partial charge in [-0.15, -0.1) is 0 Å². The predicted octanol–water partition coefficient (Wildman–Crippen LogP) is 20.7. The fourth-order valence-corrected chi connectivity index (χ4v) is 11.9. The van der Waals surface area contributed by atoms with E-state index in [1.807, 2.05) is 0 Å². The van der Waals surface area contributed by atoms with E-state index in [1.54, 1.807) is 0 Å². The normalized spacial score (nSPS) is 18.6. The number of halogens is 2. The van der Waals surface area contributed by atoms with E-state index in [4.69, 9.17) is 9.47 Å². The molecule has 2 saturated carbocycles. The minimum absolute atomic E-state index is 0. The van der Waals surface area contributed by atoms with Crippen molar-refractivity contribution in [1.29, 1.82) is 0 Å². The van der Waals surface area contributed by atoms with Crippen molar-refractivity contribution in [3.63, 3.8) is 0 Å². The third-order valence-corrected chi connectivity index (χ3v) is 16.4. The largest absolute Gasteiger partial charge is 0.0622 e. The summed E-state index contributed by atoms with van der Waals surface area (Å²) in [6.07, 6.45) is 12.3. The number of allylic oxidation sites excluding steroid dienone is 8. The van der Waals surface area contributed by atoms with Gasteiger partial charge in [-0.25, -0.2) is 0 Å². The summed E-state index contributed by atoms with van der Waals surface area (Å²) >= 11 is 4.44. The molecule has 14 rings (SSSR count). The van der Waals surface area contributed by atoms with Crippen LogP contribution in [0.3, 0.4) is 0 Å². The van der Waals surface area contributed by atoms with Gasteiger partial charge in [0.15, 0.2) is 11.8 Å². The Bertz CT molecular complexity index is 2930. The molecular formula is C78H76Cl2Co2N2O2Pd2. The van der Waals surface area contributed by atoms with Crippen molar-refractivity contribution in [1.82, 2.24) is 0 Å². The maximum atomic E-state index is 5.63. The van der Waals surface area contributed by atoms with E-state index in [-0.39, 0.29) is 33.6 Å². The minimum atomic E-state index is 0. The van der Waals surface area contributed by atoms with Gasteiger partial charge in [-0.05, 0) is 101 Å². The van der Waals surface area contributed by atoms with Gasteiger partial charge in [-0.2, -0.15) is 12.8 Å². The number of ether oxygens (including phenoxy) is 2. The van der Waals surface area contributed by atoms with Gasteiger partial charge in [0.2, 0.25) is 0 Å². The van der Waals surface area contributed by atoms with Crippen molar-refractivity contribution in [2.75, 3.05) is 13.2 Å². The molecule has 8 aromatic carbocycles. The molecule has 0 spiro atoms. The first kappa shape index (κ1) is 70.0. The zero-order valence-corrected chi connectivity index (χ0v) is 56.8. The Balaban J connectivity index is 0.000000172. The van der Waals surface area contributed by atoms with Gasteiger partial charge in [0.1, 0.15) is 13.2 Å². The third-order valence-electron chi connectivity index (χ3n) is 16.4. The van der Waals surface area contributed by atoms with E-state index in [2.05, 4.69) is 349 Å². The summed E-state index contributed by atoms with van der Waals surface area (Å²) in [6, 6.07) is 86.7. The summed E-state index contributed by atoms with van der Waals surface area (Å²) < 4.78 is 11.3. The van der Waals surface area contributed by atoms with Gasteiger partial charge in [0, 0.05) is 33.6 Å². The standard InChI is InChI=1S/2C28H20.2C11H18NO.2ClH.2Co.2Pd/c2*1-5-13-21(14-6-1)25-26(22-15-7-2-8-16-22)28(24-19-11-4-12-20-24)27(25)23-17-9-3-10-18-23;2*1-8(2)10-7-13-11(12-10)9-5-3-4-6-9;;;;;;/h2*1-20H;2*5,8-10H,3-4,6-7H2,1-2H3;2*1H;;;;/q;;2*-1;;;;;2*+2/p-2/t;;2*9?,10-;;;;;;/m..11....../s1. The first-order chi connectivity index (χ1) is 42.4. The van der Waals surface area contributed by atoms with Gasteiger partial charge in [-0.3, -0.25) is 9.98 Å². The van der Waals surface area contributed by atoms with Crippen LogP contribution in [0, 0.1) is 36.5 Å². The summed E-state index contributed by atoms with van der Waals surface area (Å²) in [4.78, 5) is 9.27. The molecule has 4 atom stereocenters. The second kappa shape index (κ2) is 36.4. The van der Waals surface area contributed by atoms with Crippen LogP contribution in [0.25, 0.3) is 44.6 Å². The van der Waals surface area contributed by atoms with Gasteiger partial charge in [-0.1, -0.05) is 308 Å². The van der Waals surface area contributed by atoms with Crippen LogP contribution < -0.4 is 0 Å². The molecule has 0 bridgehead atoms. The molecule has 462 valence electrons. The number of benzene rings is 8. The first-order valence-electron chi connectivity index (χ1n) is 30.1. The summed E-state index contributed by atoms with van der Waals surface area (Å²) in [5, 5.41) is 0. The van der Waals surface area contributed by atoms with E-state index in [1.165, 1.54) is 128 Å². The zero-order chi connectivity index (χ0) is 60.0. The van der Waals surface area contributed by atoms with Crippen molar-refractivity contribution in [2.24, 2.45) is 33.7 Å². The molecule has 0 amide bonds. The second-order valence-electron chi connectivity index (χ2n) is 22.7. The molecular weight excluding hydrogens is 1400 g/mol. The molecule has 88 heavy (non-hydrogen) atoms. The Labute approximate surface area is 574 Å². The number of aliphatic imine (C=N–C) groups is 2. The Hall–Kier alpha value is -5.42. The summed E-state index contributed by atoms with van der Waals surface area (Å²) in [7, 11) is 8.98. The van der Waals surface area contributed by atoms with Crippen molar-refractivity contribution < 1.29 is 79.4 Å². The van der Waals surface area contributed by atoms with E-state index in [0.717, 1.165) is 25.0 Å². The number of hydrogen-bond acceptors (Lipinski definition) is 4. The topological polar surface area (TPSA) is 43.2 Å². The zero-order valence-electron chi connectivity index (χ0n) is 50.1. The maximum absolute atomic E-state index is 5.63. The average Bonchev–Trinajstić information content (AvgIpc) is 1.39. The van der Waals surface area contributed by atoms with E-state index < -0.39 is 0 Å². The van der Waals surface area contributed by atoms with Crippen LogP contribution in [0.1, 0.15) is 111 Å². The fourth-order valence-electron chi connectivity index (χ4n) is 11.9. The van der Waals surface area contributed by atoms with Crippen LogP contribution in [-0.4, -0.2) is 37.1 Å².